The summed E-state index contributed by atoms with van der Waals surface area (Å²) >= 11 is 5.87. The molecule has 1 heterocycles. The summed E-state index contributed by atoms with van der Waals surface area (Å²) < 4.78 is 5.82. The van der Waals surface area contributed by atoms with E-state index in [2.05, 4.69) is 16.8 Å². The average molecular weight is 295 g/mol. The highest BCUT2D eigenvalue weighted by Gasteiger charge is 2.19. The lowest BCUT2D eigenvalue weighted by Gasteiger charge is -2.24. The number of hydrogen-bond donors (Lipinski definition) is 1. The molecule has 1 N–H and O–H groups in total. The SMILES string of the molecule is CCN(CCO)C(C)c1ncc(-c2ccc(Cl)cc2)o1. The van der Waals surface area contributed by atoms with Gasteiger partial charge in [0, 0.05) is 17.1 Å². The summed E-state index contributed by atoms with van der Waals surface area (Å²) in [5.41, 5.74) is 0.950. The molecule has 2 aromatic rings. The van der Waals surface area contributed by atoms with E-state index in [0.717, 1.165) is 17.9 Å². The van der Waals surface area contributed by atoms with Gasteiger partial charge in [0.1, 0.15) is 0 Å². The van der Waals surface area contributed by atoms with Crippen LogP contribution in [-0.4, -0.2) is 34.7 Å². The van der Waals surface area contributed by atoms with Crippen LogP contribution in [0.5, 0.6) is 0 Å². The Morgan fingerprint density at radius 2 is 2.05 bits per heavy atom. The summed E-state index contributed by atoms with van der Waals surface area (Å²) in [5, 5.41) is 9.76. The van der Waals surface area contributed by atoms with Gasteiger partial charge in [0.2, 0.25) is 5.89 Å². The van der Waals surface area contributed by atoms with E-state index in [-0.39, 0.29) is 12.6 Å². The number of likely N-dealkylation sites (N-methyl/N-ethyl adjacent to an activating group) is 1. The third kappa shape index (κ3) is 3.39. The number of aromatic nitrogens is 1. The highest BCUT2D eigenvalue weighted by atomic mass is 35.5. The van der Waals surface area contributed by atoms with Crippen LogP contribution in [0, 0.1) is 0 Å². The minimum Gasteiger partial charge on any atom is -0.439 e. The fraction of sp³-hybridized carbons (Fsp3) is 0.400. The van der Waals surface area contributed by atoms with Gasteiger partial charge in [0.15, 0.2) is 5.76 Å². The molecule has 0 spiro atoms. The molecule has 0 saturated heterocycles. The molecule has 0 aliphatic carbocycles. The summed E-state index contributed by atoms with van der Waals surface area (Å²) in [4.78, 5) is 6.45. The van der Waals surface area contributed by atoms with E-state index in [1.165, 1.54) is 0 Å². The van der Waals surface area contributed by atoms with Crippen LogP contribution in [0.25, 0.3) is 11.3 Å². The van der Waals surface area contributed by atoms with Crippen LogP contribution >= 0.6 is 11.6 Å². The fourth-order valence-electron chi connectivity index (χ4n) is 2.14. The molecule has 0 bridgehead atoms. The van der Waals surface area contributed by atoms with Crippen LogP contribution in [0.4, 0.5) is 0 Å². The van der Waals surface area contributed by atoms with Crippen molar-refractivity contribution in [1.82, 2.24) is 9.88 Å². The number of aliphatic hydroxyl groups is 1. The molecule has 0 fully saturated rings. The maximum atomic E-state index is 9.07. The van der Waals surface area contributed by atoms with E-state index in [9.17, 15) is 0 Å². The van der Waals surface area contributed by atoms with Gasteiger partial charge in [-0.15, -0.1) is 0 Å². The first-order valence-electron chi connectivity index (χ1n) is 6.72. The zero-order valence-electron chi connectivity index (χ0n) is 11.7. The van der Waals surface area contributed by atoms with Crippen molar-refractivity contribution in [2.75, 3.05) is 19.7 Å². The van der Waals surface area contributed by atoms with E-state index >= 15 is 0 Å². The molecule has 1 unspecified atom stereocenters. The first kappa shape index (κ1) is 15.0. The lowest BCUT2D eigenvalue weighted by atomic mass is 10.2. The molecule has 1 aromatic carbocycles. The molecule has 1 aromatic heterocycles. The molecular formula is C15H19ClN2O2. The van der Waals surface area contributed by atoms with Crippen molar-refractivity contribution >= 4 is 11.6 Å². The predicted octanol–water partition coefficient (Wildman–Crippen LogP) is 3.37. The van der Waals surface area contributed by atoms with Gasteiger partial charge in [-0.3, -0.25) is 4.90 Å². The smallest absolute Gasteiger partial charge is 0.211 e. The van der Waals surface area contributed by atoms with Crippen molar-refractivity contribution in [1.29, 1.82) is 0 Å². The van der Waals surface area contributed by atoms with Crippen LogP contribution in [0.15, 0.2) is 34.9 Å². The number of hydrogen-bond acceptors (Lipinski definition) is 4. The molecule has 5 heteroatoms. The van der Waals surface area contributed by atoms with E-state index in [1.54, 1.807) is 6.20 Å². The van der Waals surface area contributed by atoms with Crippen LogP contribution < -0.4 is 0 Å². The van der Waals surface area contributed by atoms with E-state index < -0.39 is 0 Å². The van der Waals surface area contributed by atoms with Crippen molar-refractivity contribution in [3.05, 3.63) is 41.4 Å². The van der Waals surface area contributed by atoms with Crippen LogP contribution in [0.2, 0.25) is 5.02 Å². The van der Waals surface area contributed by atoms with Crippen molar-refractivity contribution in [3.8, 4) is 11.3 Å². The number of oxazole rings is 1. The van der Waals surface area contributed by atoms with Crippen LogP contribution in [-0.2, 0) is 0 Å². The highest BCUT2D eigenvalue weighted by molar-refractivity contribution is 6.30. The van der Waals surface area contributed by atoms with Gasteiger partial charge < -0.3 is 9.52 Å². The van der Waals surface area contributed by atoms with Crippen molar-refractivity contribution in [2.45, 2.75) is 19.9 Å². The standard InChI is InChI=1S/C15H19ClN2O2/c1-3-18(8-9-19)11(2)15-17-10-14(20-15)12-4-6-13(16)7-5-12/h4-7,10-11,19H,3,8-9H2,1-2H3. The predicted molar refractivity (Wildman–Crippen MR) is 79.7 cm³/mol. The van der Waals surface area contributed by atoms with Gasteiger partial charge in [0.25, 0.3) is 0 Å². The van der Waals surface area contributed by atoms with Gasteiger partial charge >= 0.3 is 0 Å². The Kier molecular flexibility index (Phi) is 5.17. The molecule has 0 amide bonds. The topological polar surface area (TPSA) is 49.5 Å². The second-order valence-electron chi connectivity index (χ2n) is 4.60. The number of halogens is 1. The third-order valence-corrected chi connectivity index (χ3v) is 3.60. The molecule has 4 nitrogen and oxygen atoms in total. The number of nitrogens with zero attached hydrogens (tertiary/aromatic N) is 2. The summed E-state index contributed by atoms with van der Waals surface area (Å²) in [5.74, 6) is 1.38. The lowest BCUT2D eigenvalue weighted by molar-refractivity contribution is 0.149. The van der Waals surface area contributed by atoms with Gasteiger partial charge in [-0.1, -0.05) is 18.5 Å². The third-order valence-electron chi connectivity index (χ3n) is 3.35. The highest BCUT2D eigenvalue weighted by Crippen LogP contribution is 2.26. The largest absolute Gasteiger partial charge is 0.439 e. The van der Waals surface area contributed by atoms with Crippen molar-refractivity contribution in [3.63, 3.8) is 0 Å². The molecule has 20 heavy (non-hydrogen) atoms. The second-order valence-corrected chi connectivity index (χ2v) is 5.03. The Balaban J connectivity index is 2.17. The Hall–Kier alpha value is -1.36. The van der Waals surface area contributed by atoms with Crippen LogP contribution in [0.3, 0.4) is 0 Å². The molecule has 0 saturated carbocycles. The molecule has 0 radical (unpaired) electrons. The number of aliphatic hydroxyl groups excluding tert-OH is 1. The van der Waals surface area contributed by atoms with Gasteiger partial charge in [-0.05, 0) is 37.7 Å². The zero-order chi connectivity index (χ0) is 14.5. The monoisotopic (exact) mass is 294 g/mol. The van der Waals surface area contributed by atoms with Crippen molar-refractivity contribution in [2.24, 2.45) is 0 Å². The molecule has 2 rings (SSSR count). The van der Waals surface area contributed by atoms with E-state index in [4.69, 9.17) is 21.1 Å². The first-order chi connectivity index (χ1) is 9.65. The van der Waals surface area contributed by atoms with E-state index in [0.29, 0.717) is 17.5 Å². The van der Waals surface area contributed by atoms with E-state index in [1.807, 2.05) is 31.2 Å². The Bertz CT molecular complexity index is 539. The second kappa shape index (κ2) is 6.88. The van der Waals surface area contributed by atoms with Crippen LogP contribution in [0.1, 0.15) is 25.8 Å². The normalized spacial score (nSPS) is 12.8. The maximum absolute atomic E-state index is 9.07. The molecule has 1 atom stereocenters. The zero-order valence-corrected chi connectivity index (χ0v) is 12.5. The number of rotatable bonds is 6. The Morgan fingerprint density at radius 3 is 2.65 bits per heavy atom. The van der Waals surface area contributed by atoms with Crippen molar-refractivity contribution < 1.29 is 9.52 Å². The van der Waals surface area contributed by atoms with Gasteiger partial charge in [-0.2, -0.15) is 0 Å². The Labute approximate surface area is 124 Å². The summed E-state index contributed by atoms with van der Waals surface area (Å²) in [6.45, 7) is 5.64. The summed E-state index contributed by atoms with van der Waals surface area (Å²) in [7, 11) is 0. The Morgan fingerprint density at radius 1 is 1.35 bits per heavy atom. The lowest BCUT2D eigenvalue weighted by Crippen LogP contribution is -2.29. The summed E-state index contributed by atoms with van der Waals surface area (Å²) in [6.07, 6.45) is 1.72. The molecule has 0 aliphatic rings. The minimum atomic E-state index is 0.0354. The number of benzene rings is 1. The fourth-order valence-corrected chi connectivity index (χ4v) is 2.26. The first-order valence-corrected chi connectivity index (χ1v) is 7.10. The summed E-state index contributed by atoms with van der Waals surface area (Å²) in [6, 6.07) is 7.50. The molecule has 0 aliphatic heterocycles. The van der Waals surface area contributed by atoms with Gasteiger partial charge in [-0.25, -0.2) is 4.98 Å². The molecular weight excluding hydrogens is 276 g/mol. The minimum absolute atomic E-state index is 0.0354. The van der Waals surface area contributed by atoms with Gasteiger partial charge in [0.05, 0.1) is 18.8 Å². The molecule has 108 valence electrons. The quantitative estimate of drug-likeness (QED) is 0.887. The maximum Gasteiger partial charge on any atom is 0.211 e. The average Bonchev–Trinajstić information content (AvgIpc) is 2.94.